The number of esters is 1. The van der Waals surface area contributed by atoms with Crippen LogP contribution in [-0.2, 0) is 9.47 Å². The Hall–Kier alpha value is -1.17. The van der Waals surface area contributed by atoms with Gasteiger partial charge >= 0.3 is 5.97 Å². The summed E-state index contributed by atoms with van der Waals surface area (Å²) in [6, 6.07) is 2.75. The average molecular weight is 309 g/mol. The quantitative estimate of drug-likeness (QED) is 0.497. The van der Waals surface area contributed by atoms with Crippen molar-refractivity contribution in [2.24, 2.45) is 0 Å². The van der Waals surface area contributed by atoms with E-state index in [2.05, 4.69) is 0 Å². The summed E-state index contributed by atoms with van der Waals surface area (Å²) in [4.78, 5) is 10.9. The number of halogens is 2. The molecule has 0 saturated carbocycles. The second kappa shape index (κ2) is 7.43. The maximum atomic E-state index is 11.9. The van der Waals surface area contributed by atoms with E-state index < -0.39 is 10.8 Å². The molecule has 0 aliphatic rings. The molecule has 1 aromatic rings. The van der Waals surface area contributed by atoms with Gasteiger partial charge in [0.05, 0.1) is 13.7 Å². The second-order valence-electron chi connectivity index (χ2n) is 3.54. The fourth-order valence-corrected chi connectivity index (χ4v) is 1.77. The lowest BCUT2D eigenvalue weighted by molar-refractivity contribution is 0.0384. The number of carbonyl (C=O) groups excluding carboxylic acids is 1. The van der Waals surface area contributed by atoms with Gasteiger partial charge in [-0.05, 0) is 6.07 Å². The van der Waals surface area contributed by atoms with Crippen molar-refractivity contribution in [1.82, 2.24) is 0 Å². The van der Waals surface area contributed by atoms with E-state index in [9.17, 15) is 9.90 Å². The Bertz CT molecular complexity index is 448. The van der Waals surface area contributed by atoms with Crippen LogP contribution in [0.4, 0.5) is 0 Å². The normalized spacial score (nSPS) is 10.6. The van der Waals surface area contributed by atoms with Gasteiger partial charge < -0.3 is 19.3 Å². The first-order chi connectivity index (χ1) is 9.01. The van der Waals surface area contributed by atoms with E-state index in [0.29, 0.717) is 5.75 Å². The van der Waals surface area contributed by atoms with Gasteiger partial charge in [0, 0.05) is 18.7 Å². The third-order valence-electron chi connectivity index (χ3n) is 2.32. The number of rotatable bonds is 6. The number of phenolic OH excluding ortho intramolecular Hbond substituents is 1. The van der Waals surface area contributed by atoms with Crippen molar-refractivity contribution in [2.45, 2.75) is 4.84 Å². The van der Waals surface area contributed by atoms with Crippen LogP contribution in [0.25, 0.3) is 0 Å². The van der Waals surface area contributed by atoms with Crippen LogP contribution >= 0.6 is 23.2 Å². The fourth-order valence-electron chi connectivity index (χ4n) is 1.42. The summed E-state index contributed by atoms with van der Waals surface area (Å²) < 4.78 is 14.7. The Morgan fingerprint density at radius 2 is 2.00 bits per heavy atom. The molecule has 0 fully saturated rings. The minimum atomic E-state index is -0.994. The van der Waals surface area contributed by atoms with Gasteiger partial charge in [-0.1, -0.05) is 0 Å². The SMILES string of the molecule is COCCOC(=O)c1c(O)cc(OC)cc1C(Cl)Cl. The Morgan fingerprint density at radius 3 is 2.53 bits per heavy atom. The summed E-state index contributed by atoms with van der Waals surface area (Å²) in [6.07, 6.45) is 0. The first-order valence-corrected chi connectivity index (χ1v) is 6.23. The van der Waals surface area contributed by atoms with E-state index in [1.165, 1.54) is 26.4 Å². The highest BCUT2D eigenvalue weighted by molar-refractivity contribution is 6.44. The number of ether oxygens (including phenoxy) is 3. The van der Waals surface area contributed by atoms with Crippen LogP contribution in [0.2, 0.25) is 0 Å². The van der Waals surface area contributed by atoms with Crippen LogP contribution in [-0.4, -0.2) is 38.5 Å². The van der Waals surface area contributed by atoms with E-state index in [-0.39, 0.29) is 30.1 Å². The summed E-state index contributed by atoms with van der Waals surface area (Å²) in [6.45, 7) is 0.318. The van der Waals surface area contributed by atoms with Crippen molar-refractivity contribution in [3.8, 4) is 11.5 Å². The van der Waals surface area contributed by atoms with Gasteiger partial charge in [-0.3, -0.25) is 0 Å². The molecule has 7 heteroatoms. The molecule has 1 aromatic carbocycles. The molecule has 1 N–H and O–H groups in total. The monoisotopic (exact) mass is 308 g/mol. The number of hydrogen-bond donors (Lipinski definition) is 1. The lowest BCUT2D eigenvalue weighted by Gasteiger charge is -2.13. The van der Waals surface area contributed by atoms with Crippen LogP contribution in [0, 0.1) is 0 Å². The molecule has 0 amide bonds. The zero-order valence-corrected chi connectivity index (χ0v) is 12.0. The highest BCUT2D eigenvalue weighted by atomic mass is 35.5. The lowest BCUT2D eigenvalue weighted by atomic mass is 10.1. The van der Waals surface area contributed by atoms with Gasteiger partial charge in [0.25, 0.3) is 0 Å². The predicted octanol–water partition coefficient (Wildman–Crippen LogP) is 2.68. The molecule has 0 bridgehead atoms. The highest BCUT2D eigenvalue weighted by Gasteiger charge is 2.23. The molecule has 0 atom stereocenters. The van der Waals surface area contributed by atoms with Crippen molar-refractivity contribution in [1.29, 1.82) is 0 Å². The Kier molecular flexibility index (Phi) is 6.21. The van der Waals surface area contributed by atoms with Gasteiger partial charge in [-0.15, -0.1) is 23.2 Å². The zero-order chi connectivity index (χ0) is 14.4. The first kappa shape index (κ1) is 15.9. The molecule has 0 heterocycles. The zero-order valence-electron chi connectivity index (χ0n) is 10.5. The molecule has 5 nitrogen and oxygen atoms in total. The number of alkyl halides is 2. The number of carbonyl (C=O) groups is 1. The average Bonchev–Trinajstić information content (AvgIpc) is 2.37. The minimum Gasteiger partial charge on any atom is -0.507 e. The Morgan fingerprint density at radius 1 is 1.32 bits per heavy atom. The molecule has 0 aliphatic heterocycles. The van der Waals surface area contributed by atoms with E-state index in [1.807, 2.05) is 0 Å². The van der Waals surface area contributed by atoms with E-state index in [4.69, 9.17) is 37.4 Å². The highest BCUT2D eigenvalue weighted by Crippen LogP contribution is 2.36. The van der Waals surface area contributed by atoms with Crippen molar-refractivity contribution < 1.29 is 24.1 Å². The molecule has 19 heavy (non-hydrogen) atoms. The fraction of sp³-hybridized carbons (Fsp3) is 0.417. The maximum Gasteiger partial charge on any atom is 0.342 e. The Labute approximate surface area is 121 Å². The second-order valence-corrected chi connectivity index (χ2v) is 4.64. The van der Waals surface area contributed by atoms with Gasteiger partial charge in [-0.2, -0.15) is 0 Å². The van der Waals surface area contributed by atoms with Crippen molar-refractivity contribution in [3.05, 3.63) is 23.3 Å². The van der Waals surface area contributed by atoms with Crippen LogP contribution in [0.5, 0.6) is 11.5 Å². The number of hydrogen-bond acceptors (Lipinski definition) is 5. The number of phenols is 1. The van der Waals surface area contributed by atoms with E-state index in [1.54, 1.807) is 0 Å². The van der Waals surface area contributed by atoms with Gasteiger partial charge in [0.2, 0.25) is 0 Å². The molecule has 0 aromatic heterocycles. The Balaban J connectivity index is 3.07. The predicted molar refractivity (Wildman–Crippen MR) is 71.3 cm³/mol. The molecule has 1 rings (SSSR count). The molecule has 0 aliphatic carbocycles. The topological polar surface area (TPSA) is 65.0 Å². The third-order valence-corrected chi connectivity index (χ3v) is 2.79. The maximum absolute atomic E-state index is 11.9. The summed E-state index contributed by atoms with van der Waals surface area (Å²) in [5.74, 6) is -0.686. The summed E-state index contributed by atoms with van der Waals surface area (Å²) in [7, 11) is 2.91. The van der Waals surface area contributed by atoms with Crippen LogP contribution in [0.1, 0.15) is 20.8 Å². The lowest BCUT2D eigenvalue weighted by Crippen LogP contribution is -2.12. The molecule has 0 radical (unpaired) electrons. The molecular weight excluding hydrogens is 295 g/mol. The third kappa shape index (κ3) is 4.16. The van der Waals surface area contributed by atoms with Crippen molar-refractivity contribution in [2.75, 3.05) is 27.4 Å². The summed E-state index contributed by atoms with van der Waals surface area (Å²) in [5.41, 5.74) is 0.148. The standard InChI is InChI=1S/C12H14Cl2O5/c1-17-3-4-19-12(16)10-8(11(13)14)5-7(18-2)6-9(10)15/h5-6,11,15H,3-4H2,1-2H3. The number of benzene rings is 1. The first-order valence-electron chi connectivity index (χ1n) is 5.36. The summed E-state index contributed by atoms with van der Waals surface area (Å²) >= 11 is 11.6. The van der Waals surface area contributed by atoms with Crippen LogP contribution in [0.15, 0.2) is 12.1 Å². The van der Waals surface area contributed by atoms with Crippen molar-refractivity contribution in [3.63, 3.8) is 0 Å². The van der Waals surface area contributed by atoms with Crippen molar-refractivity contribution >= 4 is 29.2 Å². The molecule has 0 saturated heterocycles. The summed E-state index contributed by atoms with van der Waals surface area (Å²) in [5, 5.41) is 9.85. The molecular formula is C12H14Cl2O5. The number of methoxy groups -OCH3 is 2. The van der Waals surface area contributed by atoms with Crippen LogP contribution in [0.3, 0.4) is 0 Å². The smallest absolute Gasteiger partial charge is 0.342 e. The van der Waals surface area contributed by atoms with Crippen LogP contribution < -0.4 is 4.74 Å². The largest absolute Gasteiger partial charge is 0.507 e. The minimum absolute atomic E-state index is 0.0650. The molecule has 0 unspecified atom stereocenters. The molecule has 0 spiro atoms. The van der Waals surface area contributed by atoms with Gasteiger partial charge in [-0.25, -0.2) is 4.79 Å². The number of aromatic hydroxyl groups is 1. The van der Waals surface area contributed by atoms with Gasteiger partial charge in [0.15, 0.2) is 0 Å². The van der Waals surface area contributed by atoms with E-state index >= 15 is 0 Å². The van der Waals surface area contributed by atoms with E-state index in [0.717, 1.165) is 0 Å². The van der Waals surface area contributed by atoms with Gasteiger partial charge in [0.1, 0.15) is 28.5 Å². The molecule has 106 valence electrons.